The van der Waals surface area contributed by atoms with Crippen molar-refractivity contribution in [3.63, 3.8) is 0 Å². The molecule has 0 radical (unpaired) electrons. The van der Waals surface area contributed by atoms with Gasteiger partial charge in [0.15, 0.2) is 6.04 Å². The largest absolute Gasteiger partial charge is 0.479 e. The Balaban J connectivity index is 2.37. The number of hydrogen-bond acceptors (Lipinski definition) is 2. The minimum Gasteiger partial charge on any atom is -0.479 e. The summed E-state index contributed by atoms with van der Waals surface area (Å²) in [7, 11) is 0. The first kappa shape index (κ1) is 10.5. The van der Waals surface area contributed by atoms with E-state index in [9.17, 15) is 13.6 Å². The smallest absolute Gasteiger partial charge is 0.332 e. The van der Waals surface area contributed by atoms with Crippen molar-refractivity contribution in [3.8, 4) is 0 Å². The third-order valence-corrected chi connectivity index (χ3v) is 2.17. The molecule has 16 heavy (non-hydrogen) atoms. The van der Waals surface area contributed by atoms with Crippen molar-refractivity contribution in [1.29, 1.82) is 0 Å². The number of hydrogen-bond donors (Lipinski definition) is 1. The van der Waals surface area contributed by atoms with E-state index in [0.717, 1.165) is 12.1 Å². The maximum absolute atomic E-state index is 13.3. The zero-order valence-corrected chi connectivity index (χ0v) is 8.02. The lowest BCUT2D eigenvalue weighted by molar-refractivity contribution is -0.137. The lowest BCUT2D eigenvalue weighted by Gasteiger charge is -2.01. The normalized spacial score (nSPS) is 18.6. The van der Waals surface area contributed by atoms with Gasteiger partial charge in [-0.1, -0.05) is 0 Å². The molecule has 5 heteroatoms. The maximum Gasteiger partial charge on any atom is 0.332 e. The highest BCUT2D eigenvalue weighted by Gasteiger charge is 2.20. The van der Waals surface area contributed by atoms with Crippen LogP contribution in [0.3, 0.4) is 0 Å². The number of aliphatic imine (C=N–C) groups is 1. The van der Waals surface area contributed by atoms with Gasteiger partial charge in [0, 0.05) is 11.6 Å². The molecule has 1 N–H and O–H groups in total. The number of nitrogens with zero attached hydrogens (tertiary/aromatic N) is 1. The van der Waals surface area contributed by atoms with Crippen molar-refractivity contribution in [1.82, 2.24) is 0 Å². The molecule has 0 saturated heterocycles. The summed E-state index contributed by atoms with van der Waals surface area (Å²) in [5.41, 5.74) is 0.311. The molecule has 0 fully saturated rings. The van der Waals surface area contributed by atoms with Crippen molar-refractivity contribution in [2.75, 3.05) is 0 Å². The molecule has 82 valence electrons. The third-order valence-electron chi connectivity index (χ3n) is 2.17. The number of carbonyl (C=O) groups is 1. The van der Waals surface area contributed by atoms with E-state index in [1.165, 1.54) is 18.2 Å². The van der Waals surface area contributed by atoms with Crippen LogP contribution >= 0.6 is 0 Å². The van der Waals surface area contributed by atoms with Gasteiger partial charge in [0.05, 0.1) is 5.71 Å². The van der Waals surface area contributed by atoms with Crippen LogP contribution in [0.4, 0.5) is 8.78 Å². The molecule has 2 rings (SSSR count). The van der Waals surface area contributed by atoms with Gasteiger partial charge in [0.1, 0.15) is 11.6 Å². The summed E-state index contributed by atoms with van der Waals surface area (Å²) in [6.07, 6.45) is 2.76. The monoisotopic (exact) mass is 223 g/mol. The second-order valence-corrected chi connectivity index (χ2v) is 3.28. The third kappa shape index (κ3) is 1.84. The van der Waals surface area contributed by atoms with Crippen LogP contribution < -0.4 is 0 Å². The molecule has 0 aromatic heterocycles. The van der Waals surface area contributed by atoms with Crippen LogP contribution in [0.2, 0.25) is 0 Å². The molecule has 1 aliphatic rings. The molecule has 0 bridgehead atoms. The topological polar surface area (TPSA) is 49.7 Å². The zero-order chi connectivity index (χ0) is 11.7. The standard InChI is InChI=1S/C11H7F2NO2/c12-6-1-2-7(8(13)5-6)9-3-4-10(14-9)11(15)16/h1-5,10H,(H,15,16). The summed E-state index contributed by atoms with van der Waals surface area (Å²) in [4.78, 5) is 14.4. The van der Waals surface area contributed by atoms with Crippen molar-refractivity contribution < 1.29 is 18.7 Å². The Labute approximate surface area is 89.7 Å². The minimum atomic E-state index is -1.10. The van der Waals surface area contributed by atoms with Gasteiger partial charge in [-0.3, -0.25) is 4.99 Å². The van der Waals surface area contributed by atoms with Gasteiger partial charge in [0.25, 0.3) is 0 Å². The number of benzene rings is 1. The van der Waals surface area contributed by atoms with E-state index >= 15 is 0 Å². The molecular weight excluding hydrogens is 216 g/mol. The lowest BCUT2D eigenvalue weighted by atomic mass is 10.1. The Morgan fingerprint density at radius 1 is 1.38 bits per heavy atom. The highest BCUT2D eigenvalue weighted by Crippen LogP contribution is 2.16. The van der Waals surface area contributed by atoms with Crippen LogP contribution in [0.15, 0.2) is 35.3 Å². The van der Waals surface area contributed by atoms with E-state index in [4.69, 9.17) is 5.11 Å². The molecule has 0 spiro atoms. The van der Waals surface area contributed by atoms with Crippen LogP contribution in [0.5, 0.6) is 0 Å². The summed E-state index contributed by atoms with van der Waals surface area (Å²) in [5.74, 6) is -2.54. The van der Waals surface area contributed by atoms with Gasteiger partial charge in [-0.25, -0.2) is 13.6 Å². The molecule has 1 aliphatic heterocycles. The molecule has 3 nitrogen and oxygen atoms in total. The molecule has 1 heterocycles. The van der Waals surface area contributed by atoms with Crippen molar-refractivity contribution >= 4 is 11.7 Å². The Morgan fingerprint density at radius 3 is 2.69 bits per heavy atom. The summed E-state index contributed by atoms with van der Waals surface area (Å²) in [5, 5.41) is 8.68. The van der Waals surface area contributed by atoms with Crippen LogP contribution in [0.1, 0.15) is 5.56 Å². The highest BCUT2D eigenvalue weighted by molar-refractivity contribution is 6.11. The Morgan fingerprint density at radius 2 is 2.12 bits per heavy atom. The summed E-state index contributed by atoms with van der Waals surface area (Å²) in [6, 6.07) is 2.08. The molecular formula is C11H7F2NO2. The van der Waals surface area contributed by atoms with Gasteiger partial charge >= 0.3 is 5.97 Å². The van der Waals surface area contributed by atoms with Gasteiger partial charge in [0.2, 0.25) is 0 Å². The number of allylic oxidation sites excluding steroid dienone is 1. The Hall–Kier alpha value is -2.04. The van der Waals surface area contributed by atoms with Crippen LogP contribution in [-0.4, -0.2) is 22.8 Å². The number of halogens is 2. The molecule has 0 aliphatic carbocycles. The first-order valence-electron chi connectivity index (χ1n) is 4.52. The van der Waals surface area contributed by atoms with Gasteiger partial charge in [-0.05, 0) is 24.3 Å². The minimum absolute atomic E-state index is 0.0985. The highest BCUT2D eigenvalue weighted by atomic mass is 19.1. The van der Waals surface area contributed by atoms with Gasteiger partial charge < -0.3 is 5.11 Å². The molecule has 1 atom stereocenters. The zero-order valence-electron chi connectivity index (χ0n) is 8.02. The van der Waals surface area contributed by atoms with Crippen molar-refractivity contribution in [2.24, 2.45) is 4.99 Å². The number of aliphatic carboxylic acids is 1. The fraction of sp³-hybridized carbons (Fsp3) is 0.0909. The molecule has 1 aromatic rings. The fourth-order valence-electron chi connectivity index (χ4n) is 1.41. The summed E-state index contributed by atoms with van der Waals surface area (Å²) in [6.45, 7) is 0. The Kier molecular flexibility index (Phi) is 2.52. The molecule has 0 amide bonds. The quantitative estimate of drug-likeness (QED) is 0.830. The number of carboxylic acid groups (broad SMARTS) is 1. The maximum atomic E-state index is 13.3. The average Bonchev–Trinajstić information content (AvgIpc) is 2.66. The van der Waals surface area contributed by atoms with E-state index in [-0.39, 0.29) is 11.3 Å². The first-order valence-corrected chi connectivity index (χ1v) is 4.52. The molecule has 0 saturated carbocycles. The molecule has 1 unspecified atom stereocenters. The number of carboxylic acids is 1. The summed E-state index contributed by atoms with van der Waals surface area (Å²) < 4.78 is 26.0. The SMILES string of the molecule is O=C(O)C1C=CC(c2ccc(F)cc2F)=N1. The van der Waals surface area contributed by atoms with E-state index < -0.39 is 23.6 Å². The predicted octanol–water partition coefficient (Wildman–Crippen LogP) is 1.78. The number of rotatable bonds is 2. The van der Waals surface area contributed by atoms with Crippen LogP contribution in [0.25, 0.3) is 0 Å². The predicted molar refractivity (Wildman–Crippen MR) is 53.5 cm³/mol. The van der Waals surface area contributed by atoms with Crippen LogP contribution in [-0.2, 0) is 4.79 Å². The van der Waals surface area contributed by atoms with E-state index in [0.29, 0.717) is 0 Å². The first-order chi connectivity index (χ1) is 7.58. The van der Waals surface area contributed by atoms with Gasteiger partial charge in [-0.15, -0.1) is 0 Å². The average molecular weight is 223 g/mol. The summed E-state index contributed by atoms with van der Waals surface area (Å²) >= 11 is 0. The molecule has 1 aromatic carbocycles. The lowest BCUT2D eigenvalue weighted by Crippen LogP contribution is -2.13. The fourth-order valence-corrected chi connectivity index (χ4v) is 1.41. The van der Waals surface area contributed by atoms with Crippen molar-refractivity contribution in [2.45, 2.75) is 6.04 Å². The van der Waals surface area contributed by atoms with E-state index in [1.807, 2.05) is 0 Å². The van der Waals surface area contributed by atoms with Crippen molar-refractivity contribution in [3.05, 3.63) is 47.5 Å². The Bertz CT molecular complexity index is 509. The second kappa shape index (κ2) is 3.84. The second-order valence-electron chi connectivity index (χ2n) is 3.28. The van der Waals surface area contributed by atoms with E-state index in [2.05, 4.69) is 4.99 Å². The van der Waals surface area contributed by atoms with E-state index in [1.54, 1.807) is 0 Å². The van der Waals surface area contributed by atoms with Gasteiger partial charge in [-0.2, -0.15) is 0 Å². The van der Waals surface area contributed by atoms with Crippen LogP contribution in [0, 0.1) is 11.6 Å².